The zero-order valence-electron chi connectivity index (χ0n) is 16.5. The van der Waals surface area contributed by atoms with E-state index in [1.807, 2.05) is 48.0 Å². The fourth-order valence-corrected chi connectivity index (χ4v) is 3.73. The van der Waals surface area contributed by atoms with Crippen LogP contribution in [0.25, 0.3) is 11.4 Å². The molecule has 1 heterocycles. The van der Waals surface area contributed by atoms with Crippen molar-refractivity contribution in [1.82, 2.24) is 20.2 Å². The van der Waals surface area contributed by atoms with Gasteiger partial charge in [-0.15, -0.1) is 10.2 Å². The molecule has 1 aromatic heterocycles. The maximum absolute atomic E-state index is 12.1. The summed E-state index contributed by atoms with van der Waals surface area (Å²) in [5, 5.41) is 13.1. The molecule has 0 saturated carbocycles. The number of hydrazone groups is 1. The lowest BCUT2D eigenvalue weighted by Crippen LogP contribution is -2.19. The van der Waals surface area contributed by atoms with Gasteiger partial charge in [-0.1, -0.05) is 77.9 Å². The Morgan fingerprint density at radius 2 is 2.00 bits per heavy atom. The van der Waals surface area contributed by atoms with Crippen molar-refractivity contribution in [3.63, 3.8) is 0 Å². The van der Waals surface area contributed by atoms with E-state index in [0.717, 1.165) is 21.4 Å². The second-order valence-corrected chi connectivity index (χ2v) is 8.64. The molecule has 0 spiro atoms. The van der Waals surface area contributed by atoms with Gasteiger partial charge in [0.15, 0.2) is 11.0 Å². The van der Waals surface area contributed by atoms with Crippen LogP contribution >= 0.6 is 27.7 Å². The Morgan fingerprint density at radius 1 is 1.24 bits per heavy atom. The molecule has 8 heteroatoms. The summed E-state index contributed by atoms with van der Waals surface area (Å²) >= 11 is 4.78. The summed E-state index contributed by atoms with van der Waals surface area (Å²) in [4.78, 5) is 12.1. The van der Waals surface area contributed by atoms with Crippen LogP contribution in [-0.4, -0.2) is 32.6 Å². The first-order valence-electron chi connectivity index (χ1n) is 9.14. The lowest BCUT2D eigenvalue weighted by Gasteiger charge is -2.05. The van der Waals surface area contributed by atoms with E-state index in [0.29, 0.717) is 11.1 Å². The summed E-state index contributed by atoms with van der Waals surface area (Å²) in [6.45, 7) is 4.31. The summed E-state index contributed by atoms with van der Waals surface area (Å²) < 4.78 is 2.85. The molecule has 29 heavy (non-hydrogen) atoms. The summed E-state index contributed by atoms with van der Waals surface area (Å²) in [6, 6.07) is 16.0. The Hall–Kier alpha value is -2.45. The first-order chi connectivity index (χ1) is 13.9. The third kappa shape index (κ3) is 5.77. The third-order valence-corrected chi connectivity index (χ3v) is 5.77. The van der Waals surface area contributed by atoms with Crippen LogP contribution in [0.4, 0.5) is 0 Å². The average Bonchev–Trinajstić information content (AvgIpc) is 3.07. The fourth-order valence-electron chi connectivity index (χ4n) is 2.63. The molecule has 150 valence electrons. The van der Waals surface area contributed by atoms with E-state index < -0.39 is 0 Å². The Labute approximate surface area is 182 Å². The highest BCUT2D eigenvalue weighted by atomic mass is 79.9. The molecular formula is C21H22BrN5OS. The van der Waals surface area contributed by atoms with E-state index in [4.69, 9.17) is 0 Å². The molecule has 2 aromatic carbocycles. The predicted octanol–water partition coefficient (Wildman–Crippen LogP) is 4.61. The SMILES string of the molecule is CC(C)c1ccc(/C=N/NC(=O)CSc2nnc(-c3cccc(Br)c3)n2C)cc1. The number of benzene rings is 2. The van der Waals surface area contributed by atoms with E-state index in [9.17, 15) is 4.79 Å². The number of nitrogens with one attached hydrogen (secondary N) is 1. The van der Waals surface area contributed by atoms with Crippen molar-refractivity contribution in [2.24, 2.45) is 12.1 Å². The minimum Gasteiger partial charge on any atom is -0.305 e. The van der Waals surface area contributed by atoms with Crippen molar-refractivity contribution in [3.8, 4) is 11.4 Å². The van der Waals surface area contributed by atoms with Crippen molar-refractivity contribution in [2.75, 3.05) is 5.75 Å². The van der Waals surface area contributed by atoms with E-state index in [1.165, 1.54) is 17.3 Å². The van der Waals surface area contributed by atoms with Gasteiger partial charge in [-0.25, -0.2) is 5.43 Å². The molecule has 0 aliphatic rings. The molecule has 0 radical (unpaired) electrons. The maximum atomic E-state index is 12.1. The van der Waals surface area contributed by atoms with Crippen molar-refractivity contribution >= 4 is 39.8 Å². The van der Waals surface area contributed by atoms with Gasteiger partial charge in [-0.05, 0) is 29.2 Å². The van der Waals surface area contributed by atoms with Crippen LogP contribution in [0.1, 0.15) is 30.9 Å². The van der Waals surface area contributed by atoms with Gasteiger partial charge in [-0.2, -0.15) is 5.10 Å². The van der Waals surface area contributed by atoms with Crippen LogP contribution in [0.3, 0.4) is 0 Å². The summed E-state index contributed by atoms with van der Waals surface area (Å²) in [6.07, 6.45) is 1.64. The van der Waals surface area contributed by atoms with Crippen LogP contribution in [0.5, 0.6) is 0 Å². The number of carbonyl (C=O) groups is 1. The second kappa shape index (κ2) is 9.84. The average molecular weight is 472 g/mol. The quantitative estimate of drug-likeness (QED) is 0.310. The molecule has 0 saturated heterocycles. The van der Waals surface area contributed by atoms with E-state index >= 15 is 0 Å². The molecule has 6 nitrogen and oxygen atoms in total. The predicted molar refractivity (Wildman–Crippen MR) is 121 cm³/mol. The topological polar surface area (TPSA) is 72.2 Å². The van der Waals surface area contributed by atoms with E-state index in [1.54, 1.807) is 6.21 Å². The minimum absolute atomic E-state index is 0.197. The zero-order chi connectivity index (χ0) is 20.8. The molecular weight excluding hydrogens is 450 g/mol. The van der Waals surface area contributed by atoms with Gasteiger partial charge in [0.25, 0.3) is 5.91 Å². The fraction of sp³-hybridized carbons (Fsp3) is 0.238. The number of amides is 1. The molecule has 0 bridgehead atoms. The zero-order valence-corrected chi connectivity index (χ0v) is 18.9. The smallest absolute Gasteiger partial charge is 0.250 e. The highest BCUT2D eigenvalue weighted by Gasteiger charge is 2.13. The minimum atomic E-state index is -0.197. The van der Waals surface area contributed by atoms with E-state index in [2.05, 4.69) is 62.6 Å². The summed E-state index contributed by atoms with van der Waals surface area (Å²) in [5.74, 6) is 1.24. The van der Waals surface area contributed by atoms with Crippen LogP contribution < -0.4 is 5.43 Å². The number of thioether (sulfide) groups is 1. The number of aromatic nitrogens is 3. The van der Waals surface area contributed by atoms with Gasteiger partial charge in [0, 0.05) is 17.1 Å². The van der Waals surface area contributed by atoms with Crippen LogP contribution in [0.2, 0.25) is 0 Å². The molecule has 0 fully saturated rings. The first kappa shape index (κ1) is 21.3. The summed E-state index contributed by atoms with van der Waals surface area (Å²) in [5.41, 5.74) is 5.72. The number of hydrogen-bond acceptors (Lipinski definition) is 5. The summed E-state index contributed by atoms with van der Waals surface area (Å²) in [7, 11) is 1.88. The molecule has 0 unspecified atom stereocenters. The highest BCUT2D eigenvalue weighted by Crippen LogP contribution is 2.24. The number of hydrogen-bond donors (Lipinski definition) is 1. The standard InChI is InChI=1S/C21H22BrN5OS/c1-14(2)16-9-7-15(8-10-16)12-23-24-19(28)13-29-21-26-25-20(27(21)3)17-5-4-6-18(22)11-17/h4-12,14H,13H2,1-3H3,(H,24,28)/b23-12+. The van der Waals surface area contributed by atoms with Crippen LogP contribution in [0.15, 0.2) is 63.3 Å². The van der Waals surface area contributed by atoms with Crippen LogP contribution in [0, 0.1) is 0 Å². The van der Waals surface area contributed by atoms with Crippen molar-refractivity contribution < 1.29 is 4.79 Å². The van der Waals surface area contributed by atoms with Gasteiger partial charge in [0.1, 0.15) is 0 Å². The monoisotopic (exact) mass is 471 g/mol. The van der Waals surface area contributed by atoms with Gasteiger partial charge < -0.3 is 4.57 Å². The lowest BCUT2D eigenvalue weighted by atomic mass is 10.0. The Bertz CT molecular complexity index is 1010. The Balaban J connectivity index is 1.53. The van der Waals surface area contributed by atoms with E-state index in [-0.39, 0.29) is 11.7 Å². The first-order valence-corrected chi connectivity index (χ1v) is 10.9. The Kier molecular flexibility index (Phi) is 7.22. The van der Waals surface area contributed by atoms with Crippen molar-refractivity contribution in [2.45, 2.75) is 24.9 Å². The molecule has 0 aliphatic heterocycles. The van der Waals surface area contributed by atoms with Gasteiger partial charge in [0.05, 0.1) is 12.0 Å². The number of carbonyl (C=O) groups excluding carboxylic acids is 1. The normalized spacial score (nSPS) is 11.3. The Morgan fingerprint density at radius 3 is 2.69 bits per heavy atom. The molecule has 0 aliphatic carbocycles. The highest BCUT2D eigenvalue weighted by molar-refractivity contribution is 9.10. The second-order valence-electron chi connectivity index (χ2n) is 6.78. The lowest BCUT2D eigenvalue weighted by molar-refractivity contribution is -0.118. The number of nitrogens with zero attached hydrogens (tertiary/aromatic N) is 4. The third-order valence-electron chi connectivity index (χ3n) is 4.26. The molecule has 3 rings (SSSR count). The van der Waals surface area contributed by atoms with Crippen molar-refractivity contribution in [1.29, 1.82) is 0 Å². The molecule has 1 N–H and O–H groups in total. The maximum Gasteiger partial charge on any atom is 0.250 e. The largest absolute Gasteiger partial charge is 0.305 e. The van der Waals surface area contributed by atoms with Gasteiger partial charge in [0.2, 0.25) is 0 Å². The number of halogens is 1. The van der Waals surface area contributed by atoms with Gasteiger partial charge >= 0.3 is 0 Å². The molecule has 1 amide bonds. The van der Waals surface area contributed by atoms with Gasteiger partial charge in [-0.3, -0.25) is 4.79 Å². The molecule has 0 atom stereocenters. The molecule has 3 aromatic rings. The van der Waals surface area contributed by atoms with Crippen molar-refractivity contribution in [3.05, 3.63) is 64.1 Å². The van der Waals surface area contributed by atoms with Crippen LogP contribution in [-0.2, 0) is 11.8 Å². The number of rotatable bonds is 7.